The molecule has 0 fully saturated rings. The molecule has 1 aliphatic heterocycles. The van der Waals surface area contributed by atoms with E-state index < -0.39 is 34.5 Å². The Hall–Kier alpha value is -4.47. The number of ether oxygens (including phenoxy) is 1. The van der Waals surface area contributed by atoms with E-state index >= 15 is 0 Å². The maximum atomic E-state index is 13.4. The van der Waals surface area contributed by atoms with E-state index in [0.29, 0.717) is 12.0 Å². The fraction of sp³-hybridized carbons (Fsp3) is 0.296. The Morgan fingerprint density at radius 2 is 1.65 bits per heavy atom. The van der Waals surface area contributed by atoms with Crippen LogP contribution in [0.5, 0.6) is 17.2 Å². The van der Waals surface area contributed by atoms with Crippen molar-refractivity contribution in [2.24, 2.45) is 5.41 Å². The third-order valence-electron chi connectivity index (χ3n) is 7.39. The topological polar surface area (TPSA) is 150 Å². The number of nitrogens with zero attached hydrogens (tertiary/aromatic N) is 1. The van der Waals surface area contributed by atoms with E-state index in [0.717, 1.165) is 4.90 Å². The highest BCUT2D eigenvalue weighted by Gasteiger charge is 2.44. The summed E-state index contributed by atoms with van der Waals surface area (Å²) in [5.41, 5.74) is -0.913. The standard InChI is InChI=1S/C27H24N2O8/c1-27(26(36)28-10-11-29-17(30)6-7-18(29)31)9-8-13-15(12-27)24(34)20-21(22(13)32)25(35)19-14(23(20)33)4-3-5-16(19)37-2/h3-7,32,34H,8-12H2,1-2H3,(H,28,36). The summed E-state index contributed by atoms with van der Waals surface area (Å²) in [5.74, 6) is -3.10. The van der Waals surface area contributed by atoms with Crippen LogP contribution in [0.1, 0.15) is 56.3 Å². The minimum absolute atomic E-state index is 0.0103. The van der Waals surface area contributed by atoms with Crippen molar-refractivity contribution >= 4 is 29.3 Å². The summed E-state index contributed by atoms with van der Waals surface area (Å²) in [4.78, 5) is 64.3. The Labute approximate surface area is 211 Å². The molecule has 1 unspecified atom stereocenters. The van der Waals surface area contributed by atoms with E-state index in [2.05, 4.69) is 5.32 Å². The average Bonchev–Trinajstić information content (AvgIpc) is 3.20. The highest BCUT2D eigenvalue weighted by Crippen LogP contribution is 2.49. The van der Waals surface area contributed by atoms with Crippen LogP contribution in [-0.2, 0) is 27.2 Å². The number of carbonyl (C=O) groups excluding carboxylic acids is 5. The number of rotatable bonds is 5. The van der Waals surface area contributed by atoms with E-state index in [1.807, 2.05) is 0 Å². The molecule has 2 aliphatic carbocycles. The zero-order chi connectivity index (χ0) is 26.6. The lowest BCUT2D eigenvalue weighted by atomic mass is 9.69. The molecule has 3 aliphatic rings. The fourth-order valence-corrected chi connectivity index (χ4v) is 5.33. The molecule has 3 amide bonds. The lowest BCUT2D eigenvalue weighted by molar-refractivity contribution is -0.138. The number of nitrogens with one attached hydrogen (secondary N) is 1. The van der Waals surface area contributed by atoms with Gasteiger partial charge in [0.1, 0.15) is 17.2 Å². The number of imide groups is 1. The molecular formula is C27H24N2O8. The first-order chi connectivity index (χ1) is 17.6. The van der Waals surface area contributed by atoms with Crippen LogP contribution < -0.4 is 10.1 Å². The average molecular weight is 504 g/mol. The van der Waals surface area contributed by atoms with Crippen molar-refractivity contribution in [3.8, 4) is 17.2 Å². The first kappa shape index (κ1) is 24.2. The summed E-state index contributed by atoms with van der Waals surface area (Å²) in [6, 6.07) is 4.56. The van der Waals surface area contributed by atoms with Crippen molar-refractivity contribution in [3.05, 3.63) is 63.7 Å². The zero-order valence-corrected chi connectivity index (χ0v) is 20.2. The second-order valence-corrected chi connectivity index (χ2v) is 9.60. The zero-order valence-electron chi connectivity index (χ0n) is 20.2. The SMILES string of the molecule is COc1cccc2c1C(=O)c1c(O)c3c(c(O)c1C2=O)CC(C)(C(=O)NCCN1C(=O)C=CC1=O)CC3. The molecule has 1 heterocycles. The second kappa shape index (κ2) is 8.58. The van der Waals surface area contributed by atoms with Crippen LogP contribution in [0.25, 0.3) is 0 Å². The summed E-state index contributed by atoms with van der Waals surface area (Å²) >= 11 is 0. The van der Waals surface area contributed by atoms with Gasteiger partial charge < -0.3 is 20.3 Å². The first-order valence-corrected chi connectivity index (χ1v) is 11.8. The molecule has 0 aromatic heterocycles. The predicted octanol–water partition coefficient (Wildman–Crippen LogP) is 1.42. The third-order valence-corrected chi connectivity index (χ3v) is 7.39. The lowest BCUT2D eigenvalue weighted by Gasteiger charge is -2.35. The molecule has 10 heteroatoms. The van der Waals surface area contributed by atoms with E-state index in [9.17, 15) is 34.2 Å². The van der Waals surface area contributed by atoms with Gasteiger partial charge in [-0.2, -0.15) is 0 Å². The van der Waals surface area contributed by atoms with Gasteiger partial charge in [0.2, 0.25) is 11.7 Å². The third kappa shape index (κ3) is 3.59. The molecule has 2 aromatic rings. The molecule has 2 aromatic carbocycles. The molecule has 10 nitrogen and oxygen atoms in total. The molecule has 37 heavy (non-hydrogen) atoms. The monoisotopic (exact) mass is 504 g/mol. The quantitative estimate of drug-likeness (QED) is 0.349. The molecule has 0 saturated heterocycles. The number of amides is 3. The van der Waals surface area contributed by atoms with Gasteiger partial charge in [0, 0.05) is 41.9 Å². The number of carbonyl (C=O) groups is 5. The molecule has 0 spiro atoms. The Morgan fingerprint density at radius 1 is 1.00 bits per heavy atom. The van der Waals surface area contributed by atoms with Gasteiger partial charge in [-0.15, -0.1) is 0 Å². The number of benzene rings is 2. The smallest absolute Gasteiger partial charge is 0.253 e. The van der Waals surface area contributed by atoms with Crippen LogP contribution in [0.3, 0.4) is 0 Å². The number of methoxy groups -OCH3 is 1. The van der Waals surface area contributed by atoms with E-state index in [1.165, 1.54) is 25.3 Å². The summed E-state index contributed by atoms with van der Waals surface area (Å²) < 4.78 is 5.25. The number of aromatic hydroxyl groups is 2. The molecule has 5 rings (SSSR count). The Balaban J connectivity index is 1.44. The maximum Gasteiger partial charge on any atom is 0.253 e. The fourth-order valence-electron chi connectivity index (χ4n) is 5.33. The summed E-state index contributed by atoms with van der Waals surface area (Å²) in [6.45, 7) is 1.76. The number of phenols is 2. The van der Waals surface area contributed by atoms with Gasteiger partial charge in [-0.3, -0.25) is 28.9 Å². The van der Waals surface area contributed by atoms with Gasteiger partial charge in [0.25, 0.3) is 11.8 Å². The van der Waals surface area contributed by atoms with Gasteiger partial charge >= 0.3 is 0 Å². The van der Waals surface area contributed by atoms with Crippen molar-refractivity contribution in [2.75, 3.05) is 20.2 Å². The minimum atomic E-state index is -1.01. The molecule has 0 saturated carbocycles. The van der Waals surface area contributed by atoms with Crippen LogP contribution in [-0.4, -0.2) is 64.6 Å². The summed E-state index contributed by atoms with van der Waals surface area (Å²) in [5, 5.41) is 25.0. The van der Waals surface area contributed by atoms with Crippen LogP contribution in [0.2, 0.25) is 0 Å². The van der Waals surface area contributed by atoms with Crippen LogP contribution >= 0.6 is 0 Å². The molecule has 3 N–H and O–H groups in total. The van der Waals surface area contributed by atoms with Crippen LogP contribution in [0.15, 0.2) is 30.4 Å². The van der Waals surface area contributed by atoms with Crippen molar-refractivity contribution in [3.63, 3.8) is 0 Å². The van der Waals surface area contributed by atoms with Gasteiger partial charge in [-0.1, -0.05) is 19.1 Å². The highest BCUT2D eigenvalue weighted by molar-refractivity contribution is 6.31. The Morgan fingerprint density at radius 3 is 2.32 bits per heavy atom. The number of ketones is 2. The minimum Gasteiger partial charge on any atom is -0.507 e. The largest absolute Gasteiger partial charge is 0.507 e. The lowest BCUT2D eigenvalue weighted by Crippen LogP contribution is -2.46. The van der Waals surface area contributed by atoms with Crippen molar-refractivity contribution in [2.45, 2.75) is 26.2 Å². The van der Waals surface area contributed by atoms with E-state index in [-0.39, 0.29) is 71.2 Å². The van der Waals surface area contributed by atoms with Crippen LogP contribution in [0, 0.1) is 5.41 Å². The number of phenolic OH excluding ortho intramolecular Hbond substituents is 2. The predicted molar refractivity (Wildman–Crippen MR) is 129 cm³/mol. The first-order valence-electron chi connectivity index (χ1n) is 11.8. The Kier molecular flexibility index (Phi) is 5.62. The Bertz CT molecular complexity index is 1440. The van der Waals surface area contributed by atoms with Gasteiger partial charge in [0.05, 0.1) is 29.2 Å². The van der Waals surface area contributed by atoms with E-state index in [4.69, 9.17) is 4.74 Å². The highest BCUT2D eigenvalue weighted by atomic mass is 16.5. The summed E-state index contributed by atoms with van der Waals surface area (Å²) in [6.07, 6.45) is 2.82. The second-order valence-electron chi connectivity index (χ2n) is 9.60. The maximum absolute atomic E-state index is 13.4. The molecule has 0 bridgehead atoms. The molecule has 1 atom stereocenters. The van der Waals surface area contributed by atoms with Gasteiger partial charge in [-0.05, 0) is 25.3 Å². The van der Waals surface area contributed by atoms with Crippen molar-refractivity contribution < 1.29 is 38.9 Å². The van der Waals surface area contributed by atoms with Gasteiger partial charge in [0.15, 0.2) is 5.78 Å². The molecular weight excluding hydrogens is 480 g/mol. The number of hydrogen-bond acceptors (Lipinski definition) is 8. The number of fused-ring (bicyclic) bond motifs is 3. The van der Waals surface area contributed by atoms with E-state index in [1.54, 1.807) is 19.1 Å². The number of hydrogen-bond donors (Lipinski definition) is 3. The summed E-state index contributed by atoms with van der Waals surface area (Å²) in [7, 11) is 1.37. The van der Waals surface area contributed by atoms with Crippen molar-refractivity contribution in [1.29, 1.82) is 0 Å². The van der Waals surface area contributed by atoms with Crippen LogP contribution in [0.4, 0.5) is 0 Å². The normalized spacial score (nSPS) is 20.0. The van der Waals surface area contributed by atoms with Gasteiger partial charge in [-0.25, -0.2) is 0 Å². The molecule has 0 radical (unpaired) electrons. The van der Waals surface area contributed by atoms with Crippen molar-refractivity contribution in [1.82, 2.24) is 10.2 Å². The molecule has 190 valence electrons.